The number of benzene rings is 2. The number of nitrogens with one attached hydrogen (secondary N) is 2. The number of ether oxygens (including phenoxy) is 1. The van der Waals surface area contributed by atoms with Gasteiger partial charge in [-0.05, 0) is 57.2 Å². The highest BCUT2D eigenvalue weighted by Gasteiger charge is 2.36. The van der Waals surface area contributed by atoms with E-state index in [1.807, 2.05) is 44.2 Å². The molecule has 0 aliphatic rings. The topological polar surface area (TPSA) is 87.7 Å². The summed E-state index contributed by atoms with van der Waals surface area (Å²) >= 11 is 0. The van der Waals surface area contributed by atoms with Crippen LogP contribution in [0, 0.1) is 18.3 Å². The molecule has 0 saturated carbocycles. The van der Waals surface area contributed by atoms with Crippen molar-refractivity contribution in [1.82, 2.24) is 15.5 Å². The van der Waals surface area contributed by atoms with Crippen LogP contribution < -0.4 is 10.6 Å². The van der Waals surface area contributed by atoms with Crippen molar-refractivity contribution < 1.29 is 19.1 Å². The zero-order valence-electron chi connectivity index (χ0n) is 22.7. The zero-order chi connectivity index (χ0) is 27.6. The Bertz CT molecular complexity index is 1100. The van der Waals surface area contributed by atoms with Crippen molar-refractivity contribution in [3.8, 4) is 12.3 Å². The summed E-state index contributed by atoms with van der Waals surface area (Å²) in [4.78, 5) is 41.6. The van der Waals surface area contributed by atoms with Gasteiger partial charge in [-0.2, -0.15) is 0 Å². The first kappa shape index (κ1) is 29.4. The number of alkyl carbamates (subject to hydrolysis) is 1. The van der Waals surface area contributed by atoms with Crippen LogP contribution in [0.1, 0.15) is 70.7 Å². The van der Waals surface area contributed by atoms with Gasteiger partial charge in [0.15, 0.2) is 0 Å². The summed E-state index contributed by atoms with van der Waals surface area (Å²) in [7, 11) is 0. The van der Waals surface area contributed by atoms with Crippen molar-refractivity contribution in [1.29, 1.82) is 0 Å². The first-order valence-corrected chi connectivity index (χ1v) is 12.6. The predicted molar refractivity (Wildman–Crippen MR) is 145 cm³/mol. The molecule has 0 aromatic heterocycles. The number of nitrogens with zero attached hydrogens (tertiary/aromatic N) is 1. The number of rotatable bonds is 10. The van der Waals surface area contributed by atoms with Crippen LogP contribution in [0.3, 0.4) is 0 Å². The maximum atomic E-state index is 13.9. The molecule has 0 radical (unpaired) electrons. The standard InChI is InChI=1S/C30H39N3O4/c1-8-23-17-13-14-18-24(23)26(27(34)31-20-22-15-11-10-12-16-22)33(9-2)28(35)25(19-21(3)4)32-29(36)37-30(5,6)7/h1,10-18,21,25-26H,9,19-20H2,2-7H3,(H,31,34)(H,32,36). The van der Waals surface area contributed by atoms with Crippen LogP contribution in [-0.2, 0) is 20.9 Å². The van der Waals surface area contributed by atoms with E-state index in [4.69, 9.17) is 11.2 Å². The first-order chi connectivity index (χ1) is 17.5. The van der Waals surface area contributed by atoms with Gasteiger partial charge in [-0.25, -0.2) is 4.79 Å². The van der Waals surface area contributed by atoms with Gasteiger partial charge in [-0.15, -0.1) is 6.42 Å². The summed E-state index contributed by atoms with van der Waals surface area (Å²) in [6, 6.07) is 14.8. The van der Waals surface area contributed by atoms with Gasteiger partial charge in [0, 0.05) is 18.7 Å². The molecule has 2 N–H and O–H groups in total. The van der Waals surface area contributed by atoms with E-state index >= 15 is 0 Å². The first-order valence-electron chi connectivity index (χ1n) is 12.6. The van der Waals surface area contributed by atoms with Crippen LogP contribution in [0.5, 0.6) is 0 Å². The normalized spacial score (nSPS) is 12.7. The molecule has 0 aliphatic carbocycles. The Labute approximate surface area is 221 Å². The van der Waals surface area contributed by atoms with E-state index in [0.717, 1.165) is 5.56 Å². The van der Waals surface area contributed by atoms with Gasteiger partial charge < -0.3 is 20.3 Å². The molecule has 0 aliphatic heterocycles. The summed E-state index contributed by atoms with van der Waals surface area (Å²) < 4.78 is 5.40. The van der Waals surface area contributed by atoms with Crippen molar-refractivity contribution in [3.05, 3.63) is 71.3 Å². The lowest BCUT2D eigenvalue weighted by atomic mass is 9.96. The van der Waals surface area contributed by atoms with E-state index in [9.17, 15) is 14.4 Å². The van der Waals surface area contributed by atoms with E-state index in [1.54, 1.807) is 52.0 Å². The summed E-state index contributed by atoms with van der Waals surface area (Å²) in [6.45, 7) is 11.5. The Morgan fingerprint density at radius 3 is 2.22 bits per heavy atom. The minimum atomic E-state index is -0.983. The molecule has 198 valence electrons. The summed E-state index contributed by atoms with van der Waals surface area (Å²) in [5.41, 5.74) is 1.28. The van der Waals surface area contributed by atoms with Crippen LogP contribution in [0.4, 0.5) is 4.79 Å². The minimum absolute atomic E-state index is 0.103. The highest BCUT2D eigenvalue weighted by atomic mass is 16.6. The average Bonchev–Trinajstić information content (AvgIpc) is 2.84. The van der Waals surface area contributed by atoms with Gasteiger partial charge in [0.2, 0.25) is 11.8 Å². The van der Waals surface area contributed by atoms with Gasteiger partial charge in [-0.3, -0.25) is 9.59 Å². The number of carbonyl (C=O) groups excluding carboxylic acids is 3. The number of terminal acetylenes is 1. The van der Waals surface area contributed by atoms with Gasteiger partial charge >= 0.3 is 6.09 Å². The molecule has 0 heterocycles. The molecule has 0 bridgehead atoms. The molecule has 2 atom stereocenters. The Morgan fingerprint density at radius 2 is 1.65 bits per heavy atom. The molecule has 7 nitrogen and oxygen atoms in total. The molecule has 0 saturated heterocycles. The Morgan fingerprint density at radius 1 is 1.03 bits per heavy atom. The number of hydrogen-bond donors (Lipinski definition) is 2. The second-order valence-electron chi connectivity index (χ2n) is 10.3. The molecule has 3 amide bonds. The quantitative estimate of drug-likeness (QED) is 0.454. The highest BCUT2D eigenvalue weighted by molar-refractivity contribution is 5.92. The molecule has 2 unspecified atom stereocenters. The highest BCUT2D eigenvalue weighted by Crippen LogP contribution is 2.26. The largest absolute Gasteiger partial charge is 0.444 e. The second-order valence-corrected chi connectivity index (χ2v) is 10.3. The third-order valence-electron chi connectivity index (χ3n) is 5.60. The number of likely N-dealkylation sites (N-methyl/N-ethyl adjacent to an activating group) is 1. The lowest BCUT2D eigenvalue weighted by molar-refractivity contribution is -0.142. The molecule has 2 rings (SSSR count). The van der Waals surface area contributed by atoms with E-state index < -0.39 is 23.8 Å². The number of hydrogen-bond acceptors (Lipinski definition) is 4. The fraction of sp³-hybridized carbons (Fsp3) is 0.433. The fourth-order valence-electron chi connectivity index (χ4n) is 4.01. The second kappa shape index (κ2) is 13.5. The summed E-state index contributed by atoms with van der Waals surface area (Å²) in [5, 5.41) is 5.68. The lowest BCUT2D eigenvalue weighted by Gasteiger charge is -2.34. The van der Waals surface area contributed by atoms with Crippen LogP contribution >= 0.6 is 0 Å². The van der Waals surface area contributed by atoms with Gasteiger partial charge in [0.25, 0.3) is 0 Å². The molecule has 2 aromatic rings. The van der Waals surface area contributed by atoms with E-state index in [2.05, 4.69) is 16.6 Å². The van der Waals surface area contributed by atoms with Crippen molar-refractivity contribution in [2.24, 2.45) is 5.92 Å². The molecule has 37 heavy (non-hydrogen) atoms. The molecular formula is C30H39N3O4. The summed E-state index contributed by atoms with van der Waals surface area (Å²) in [5.74, 6) is 2.00. The SMILES string of the molecule is C#Cc1ccccc1C(C(=O)NCc1ccccc1)N(CC)C(=O)C(CC(C)C)NC(=O)OC(C)(C)C. The van der Waals surface area contributed by atoms with Crippen molar-refractivity contribution in [3.63, 3.8) is 0 Å². The van der Waals surface area contributed by atoms with E-state index in [-0.39, 0.29) is 24.3 Å². The van der Waals surface area contributed by atoms with Crippen LogP contribution in [0.2, 0.25) is 0 Å². The lowest BCUT2D eigenvalue weighted by Crippen LogP contribution is -2.53. The molecule has 0 fully saturated rings. The fourth-order valence-corrected chi connectivity index (χ4v) is 4.01. The minimum Gasteiger partial charge on any atom is -0.444 e. The Kier molecular flexibility index (Phi) is 10.7. The monoisotopic (exact) mass is 505 g/mol. The number of carbonyl (C=O) groups is 3. The van der Waals surface area contributed by atoms with Crippen LogP contribution in [-0.4, -0.2) is 41.0 Å². The van der Waals surface area contributed by atoms with Gasteiger partial charge in [0.05, 0.1) is 0 Å². The maximum Gasteiger partial charge on any atom is 0.408 e. The molecule has 2 aromatic carbocycles. The molecule has 0 spiro atoms. The summed E-state index contributed by atoms with van der Waals surface area (Å²) in [6.07, 6.45) is 5.46. The predicted octanol–water partition coefficient (Wildman–Crippen LogP) is 4.81. The van der Waals surface area contributed by atoms with Crippen molar-refractivity contribution >= 4 is 17.9 Å². The maximum absolute atomic E-state index is 13.9. The Hall–Kier alpha value is -3.79. The number of amides is 3. The van der Waals surface area contributed by atoms with Gasteiger partial charge in [-0.1, -0.05) is 68.3 Å². The zero-order valence-corrected chi connectivity index (χ0v) is 22.7. The van der Waals surface area contributed by atoms with E-state index in [1.165, 1.54) is 4.90 Å². The average molecular weight is 506 g/mol. The molecule has 7 heteroatoms. The molecular weight excluding hydrogens is 466 g/mol. The van der Waals surface area contributed by atoms with Crippen LogP contribution in [0.25, 0.3) is 0 Å². The van der Waals surface area contributed by atoms with Gasteiger partial charge in [0.1, 0.15) is 17.7 Å². The van der Waals surface area contributed by atoms with Crippen molar-refractivity contribution in [2.45, 2.75) is 72.2 Å². The van der Waals surface area contributed by atoms with Crippen molar-refractivity contribution in [2.75, 3.05) is 6.54 Å². The smallest absolute Gasteiger partial charge is 0.408 e. The van der Waals surface area contributed by atoms with E-state index in [0.29, 0.717) is 24.1 Å². The van der Waals surface area contributed by atoms with Crippen LogP contribution in [0.15, 0.2) is 54.6 Å². The third-order valence-corrected chi connectivity index (χ3v) is 5.60. The Balaban J connectivity index is 2.44. The third kappa shape index (κ3) is 8.98.